The topological polar surface area (TPSA) is 123 Å². The van der Waals surface area contributed by atoms with Gasteiger partial charge < -0.3 is 22.1 Å². The lowest BCUT2D eigenvalue weighted by molar-refractivity contribution is 0.100. The molecule has 0 unspecified atom stereocenters. The highest BCUT2D eigenvalue weighted by Crippen LogP contribution is 2.27. The van der Waals surface area contributed by atoms with Crippen LogP contribution in [0.25, 0.3) is 5.65 Å². The molecule has 0 saturated heterocycles. The van der Waals surface area contributed by atoms with Crippen molar-refractivity contribution in [3.63, 3.8) is 0 Å². The molecule has 8 heteroatoms. The van der Waals surface area contributed by atoms with Gasteiger partial charge in [0.25, 0.3) is 5.91 Å². The van der Waals surface area contributed by atoms with E-state index in [1.807, 2.05) is 56.3 Å². The van der Waals surface area contributed by atoms with Crippen molar-refractivity contribution in [2.75, 3.05) is 17.2 Å². The van der Waals surface area contributed by atoms with Gasteiger partial charge in [0, 0.05) is 24.6 Å². The SMILES string of the molecule is Cc1cc(C)cc(Nc2nc(N[C@H](CN)c3ccccc3)n3ccnc3c2C(N)=O)c1. The van der Waals surface area contributed by atoms with Gasteiger partial charge in [-0.05, 0) is 42.7 Å². The van der Waals surface area contributed by atoms with Crippen molar-refractivity contribution in [1.82, 2.24) is 14.4 Å². The third-order valence-electron chi connectivity index (χ3n) is 5.02. The van der Waals surface area contributed by atoms with Crippen LogP contribution in [0.5, 0.6) is 0 Å². The second kappa shape index (κ2) is 8.45. The van der Waals surface area contributed by atoms with Crippen LogP contribution in [0.15, 0.2) is 60.9 Å². The van der Waals surface area contributed by atoms with Crippen LogP contribution in [-0.4, -0.2) is 26.8 Å². The van der Waals surface area contributed by atoms with Crippen LogP contribution in [0.4, 0.5) is 17.5 Å². The Hall–Kier alpha value is -3.91. The molecule has 0 aliphatic rings. The Kier molecular flexibility index (Phi) is 5.55. The van der Waals surface area contributed by atoms with E-state index < -0.39 is 5.91 Å². The number of amides is 1. The molecular formula is C23H25N7O. The summed E-state index contributed by atoms with van der Waals surface area (Å²) in [5.74, 6) is 0.228. The van der Waals surface area contributed by atoms with Gasteiger partial charge in [0.05, 0.1) is 6.04 Å². The molecule has 1 amide bonds. The first-order valence-electron chi connectivity index (χ1n) is 10.00. The van der Waals surface area contributed by atoms with Gasteiger partial charge in [0.2, 0.25) is 5.95 Å². The maximum Gasteiger partial charge on any atom is 0.256 e. The third-order valence-corrected chi connectivity index (χ3v) is 5.02. The lowest BCUT2D eigenvalue weighted by Gasteiger charge is -2.20. The normalized spacial score (nSPS) is 12.0. The van der Waals surface area contributed by atoms with Crippen molar-refractivity contribution < 1.29 is 4.79 Å². The molecule has 8 nitrogen and oxygen atoms in total. The molecular weight excluding hydrogens is 390 g/mol. The van der Waals surface area contributed by atoms with E-state index in [-0.39, 0.29) is 11.6 Å². The average molecular weight is 416 g/mol. The monoisotopic (exact) mass is 415 g/mol. The molecule has 2 aromatic carbocycles. The molecule has 0 bridgehead atoms. The van der Waals surface area contributed by atoms with E-state index in [1.165, 1.54) is 0 Å². The molecule has 31 heavy (non-hydrogen) atoms. The number of hydrogen-bond acceptors (Lipinski definition) is 6. The lowest BCUT2D eigenvalue weighted by atomic mass is 10.1. The molecule has 4 aromatic rings. The molecule has 0 radical (unpaired) electrons. The summed E-state index contributed by atoms with van der Waals surface area (Å²) in [7, 11) is 0. The highest BCUT2D eigenvalue weighted by molar-refractivity contribution is 6.04. The number of benzene rings is 2. The number of carbonyl (C=O) groups excluding carboxylic acids is 1. The fourth-order valence-corrected chi connectivity index (χ4v) is 3.70. The number of aryl methyl sites for hydroxylation is 2. The van der Waals surface area contributed by atoms with Crippen LogP contribution in [0.3, 0.4) is 0 Å². The smallest absolute Gasteiger partial charge is 0.256 e. The van der Waals surface area contributed by atoms with Crippen LogP contribution in [0.2, 0.25) is 0 Å². The van der Waals surface area contributed by atoms with Gasteiger partial charge in [0.1, 0.15) is 5.56 Å². The predicted octanol–water partition coefficient (Wildman–Crippen LogP) is 3.30. The maximum absolute atomic E-state index is 12.3. The number of primary amides is 1. The van der Waals surface area contributed by atoms with Crippen molar-refractivity contribution in [1.29, 1.82) is 0 Å². The lowest BCUT2D eigenvalue weighted by Crippen LogP contribution is -2.24. The number of anilines is 3. The van der Waals surface area contributed by atoms with E-state index in [1.54, 1.807) is 16.8 Å². The van der Waals surface area contributed by atoms with E-state index in [9.17, 15) is 4.79 Å². The number of nitrogens with one attached hydrogen (secondary N) is 2. The summed E-state index contributed by atoms with van der Waals surface area (Å²) < 4.78 is 1.71. The van der Waals surface area contributed by atoms with Gasteiger partial charge >= 0.3 is 0 Å². The number of nitrogens with two attached hydrogens (primary N) is 2. The minimum absolute atomic E-state index is 0.173. The Morgan fingerprint density at radius 3 is 2.48 bits per heavy atom. The first-order valence-corrected chi connectivity index (χ1v) is 10.00. The molecule has 0 aliphatic carbocycles. The summed E-state index contributed by atoms with van der Waals surface area (Å²) in [5, 5.41) is 6.64. The van der Waals surface area contributed by atoms with Crippen molar-refractivity contribution in [2.24, 2.45) is 11.5 Å². The number of fused-ring (bicyclic) bond motifs is 1. The van der Waals surface area contributed by atoms with Gasteiger partial charge in [-0.25, -0.2) is 4.98 Å². The Balaban J connectivity index is 1.82. The summed E-state index contributed by atoms with van der Waals surface area (Å²) in [6.07, 6.45) is 3.34. The number of rotatable bonds is 7. The van der Waals surface area contributed by atoms with E-state index >= 15 is 0 Å². The zero-order chi connectivity index (χ0) is 22.0. The summed E-state index contributed by atoms with van der Waals surface area (Å²) in [4.78, 5) is 21.4. The third kappa shape index (κ3) is 4.19. The van der Waals surface area contributed by atoms with E-state index in [4.69, 9.17) is 16.5 Å². The molecule has 0 saturated carbocycles. The Labute approximate surface area is 180 Å². The Morgan fingerprint density at radius 2 is 1.84 bits per heavy atom. The number of aromatic nitrogens is 3. The zero-order valence-electron chi connectivity index (χ0n) is 17.5. The fourth-order valence-electron chi connectivity index (χ4n) is 3.70. The summed E-state index contributed by atoms with van der Waals surface area (Å²) in [6, 6.07) is 15.7. The molecule has 158 valence electrons. The summed E-state index contributed by atoms with van der Waals surface area (Å²) >= 11 is 0. The molecule has 1 atom stereocenters. The van der Waals surface area contributed by atoms with Crippen molar-refractivity contribution >= 4 is 29.0 Å². The number of carbonyl (C=O) groups is 1. The molecule has 0 aliphatic heterocycles. The van der Waals surface area contributed by atoms with Crippen LogP contribution in [0, 0.1) is 13.8 Å². The zero-order valence-corrected chi connectivity index (χ0v) is 17.5. The highest BCUT2D eigenvalue weighted by atomic mass is 16.1. The van der Waals surface area contributed by atoms with Gasteiger partial charge in [-0.2, -0.15) is 4.98 Å². The number of imidazole rings is 1. The molecule has 2 heterocycles. The Bertz CT molecular complexity index is 1210. The van der Waals surface area contributed by atoms with Crippen LogP contribution in [0.1, 0.15) is 33.1 Å². The fraction of sp³-hybridized carbons (Fsp3) is 0.174. The van der Waals surface area contributed by atoms with Gasteiger partial charge in [0.15, 0.2) is 11.5 Å². The van der Waals surface area contributed by atoms with E-state index in [0.717, 1.165) is 22.4 Å². The minimum Gasteiger partial charge on any atom is -0.365 e. The largest absolute Gasteiger partial charge is 0.365 e. The molecule has 0 fully saturated rings. The maximum atomic E-state index is 12.3. The van der Waals surface area contributed by atoms with E-state index in [2.05, 4.69) is 21.7 Å². The molecule has 6 N–H and O–H groups in total. The van der Waals surface area contributed by atoms with E-state index in [0.29, 0.717) is 24.0 Å². The van der Waals surface area contributed by atoms with Crippen molar-refractivity contribution in [3.05, 3.63) is 83.2 Å². The Morgan fingerprint density at radius 1 is 1.13 bits per heavy atom. The van der Waals surface area contributed by atoms with Crippen LogP contribution in [-0.2, 0) is 0 Å². The second-order valence-electron chi connectivity index (χ2n) is 7.49. The van der Waals surface area contributed by atoms with Crippen molar-refractivity contribution in [3.8, 4) is 0 Å². The molecule has 2 aromatic heterocycles. The standard InChI is InChI=1S/C23H25N7O/c1-14-10-15(2)12-17(11-14)27-21-19(20(25)31)22-26-8-9-30(22)23(29-21)28-18(13-24)16-6-4-3-5-7-16/h3-12,18,27H,13,24H2,1-2H3,(H2,25,31)(H,28,29)/t18-/m1/s1. The summed E-state index contributed by atoms with van der Waals surface area (Å²) in [5.41, 5.74) is 16.4. The van der Waals surface area contributed by atoms with Crippen LogP contribution < -0.4 is 22.1 Å². The summed E-state index contributed by atoms with van der Waals surface area (Å²) in [6.45, 7) is 4.38. The highest BCUT2D eigenvalue weighted by Gasteiger charge is 2.21. The second-order valence-corrected chi connectivity index (χ2v) is 7.49. The quantitative estimate of drug-likeness (QED) is 0.367. The minimum atomic E-state index is -0.611. The van der Waals surface area contributed by atoms with Crippen LogP contribution >= 0.6 is 0 Å². The first-order chi connectivity index (χ1) is 15.0. The van der Waals surface area contributed by atoms with Crippen molar-refractivity contribution in [2.45, 2.75) is 19.9 Å². The molecule has 4 rings (SSSR count). The first kappa shape index (κ1) is 20.4. The van der Waals surface area contributed by atoms with Gasteiger partial charge in [-0.1, -0.05) is 36.4 Å². The number of hydrogen-bond donors (Lipinski definition) is 4. The predicted molar refractivity (Wildman–Crippen MR) is 123 cm³/mol. The van der Waals surface area contributed by atoms with Gasteiger partial charge in [-0.3, -0.25) is 9.20 Å². The molecule has 0 spiro atoms. The number of nitrogens with zero attached hydrogens (tertiary/aromatic N) is 3. The average Bonchev–Trinajstić information content (AvgIpc) is 3.21. The van der Waals surface area contributed by atoms with Gasteiger partial charge in [-0.15, -0.1) is 0 Å².